The maximum absolute atomic E-state index is 12.0. The van der Waals surface area contributed by atoms with Crippen molar-refractivity contribution in [3.8, 4) is 0 Å². The van der Waals surface area contributed by atoms with Gasteiger partial charge in [0.15, 0.2) is 0 Å². The number of nitrogens with two attached hydrogens (primary N) is 1. The van der Waals surface area contributed by atoms with E-state index in [2.05, 4.69) is 10.6 Å². The zero-order valence-electron chi connectivity index (χ0n) is 15.3. The van der Waals surface area contributed by atoms with Crippen LogP contribution in [0.15, 0.2) is 75.1 Å². The molecule has 0 fully saturated rings. The second-order valence-corrected chi connectivity index (χ2v) is 8.65. The third-order valence-corrected chi connectivity index (χ3v) is 5.57. The Bertz CT molecular complexity index is 1180. The molecule has 0 aliphatic carbocycles. The summed E-state index contributed by atoms with van der Waals surface area (Å²) in [6, 6.07) is 13.8. The van der Waals surface area contributed by atoms with Gasteiger partial charge in [0, 0.05) is 5.69 Å². The Labute approximate surface area is 190 Å². The molecule has 0 aliphatic heterocycles. The molecule has 1 heterocycles. The molecule has 0 bridgehead atoms. The number of furan rings is 1. The largest absolute Gasteiger partial charge is 1.00 e. The maximum atomic E-state index is 12.0. The Balaban J connectivity index is 0.00000300. The van der Waals surface area contributed by atoms with E-state index in [9.17, 15) is 21.4 Å². The van der Waals surface area contributed by atoms with Gasteiger partial charge in [-0.25, -0.2) is 22.0 Å². The van der Waals surface area contributed by atoms with Gasteiger partial charge in [-0.05, 0) is 36.4 Å². The average Bonchev–Trinajstić information content (AvgIpc) is 3.12. The molecule has 0 saturated heterocycles. The fraction of sp³-hybridized carbons (Fsp3) is 0.0588. The molecule has 148 valence electrons. The molecular weight excluding hydrogens is 429 g/mol. The van der Waals surface area contributed by atoms with Gasteiger partial charge >= 0.3 is 29.6 Å². The van der Waals surface area contributed by atoms with Crippen molar-refractivity contribution in [1.82, 2.24) is 0 Å². The van der Waals surface area contributed by atoms with Crippen LogP contribution in [0.3, 0.4) is 0 Å². The van der Waals surface area contributed by atoms with Crippen molar-refractivity contribution >= 4 is 37.2 Å². The van der Waals surface area contributed by atoms with E-state index in [0.29, 0.717) is 11.4 Å². The monoisotopic (exact) mass is 445 g/mol. The minimum atomic E-state index is -4.99. The van der Waals surface area contributed by atoms with Gasteiger partial charge < -0.3 is 19.6 Å². The fourth-order valence-electron chi connectivity index (χ4n) is 2.51. The van der Waals surface area contributed by atoms with Gasteiger partial charge in [-0.2, -0.15) is 0 Å². The number of hydrogen-bond donors (Lipinski definition) is 3. The SMILES string of the molecule is NS(=O)(=O)c1cc(S(=O)(=O)[O-])c(NCc2ccco2)cc1Nc1ccccc1.[Na+]. The van der Waals surface area contributed by atoms with E-state index in [4.69, 9.17) is 9.56 Å². The molecule has 0 unspecified atom stereocenters. The van der Waals surface area contributed by atoms with Crippen molar-refractivity contribution in [2.75, 3.05) is 10.6 Å². The molecule has 0 atom stereocenters. The molecule has 0 amide bonds. The molecule has 0 spiro atoms. The minimum absolute atomic E-state index is 0. The molecule has 2 aromatic carbocycles. The predicted molar refractivity (Wildman–Crippen MR) is 102 cm³/mol. The van der Waals surface area contributed by atoms with E-state index in [1.54, 1.807) is 42.5 Å². The van der Waals surface area contributed by atoms with Crippen LogP contribution in [0.1, 0.15) is 5.76 Å². The Hall–Kier alpha value is -1.86. The van der Waals surface area contributed by atoms with Crippen molar-refractivity contribution in [1.29, 1.82) is 0 Å². The number of benzene rings is 2. The normalized spacial score (nSPS) is 11.5. The van der Waals surface area contributed by atoms with Crippen molar-refractivity contribution in [2.24, 2.45) is 5.14 Å². The van der Waals surface area contributed by atoms with Crippen LogP contribution >= 0.6 is 0 Å². The topological polar surface area (TPSA) is 155 Å². The first-order chi connectivity index (χ1) is 13.1. The number of sulfonamides is 1. The molecule has 0 radical (unpaired) electrons. The molecule has 9 nitrogen and oxygen atoms in total. The van der Waals surface area contributed by atoms with Crippen molar-refractivity contribution < 1.29 is 55.4 Å². The standard InChI is InChI=1S/C17H17N3O6S2.Na/c18-27(21,22)16-10-17(28(23,24)25)14(19-11-13-7-4-8-26-13)9-15(16)20-12-5-2-1-3-6-12;/h1-10,19-20H,11H2,(H2,18,21,22)(H,23,24,25);/q;+1/p-1. The van der Waals surface area contributed by atoms with Crippen LogP contribution in [0.25, 0.3) is 0 Å². The van der Waals surface area contributed by atoms with Gasteiger partial charge in [-0.15, -0.1) is 0 Å². The average molecular weight is 445 g/mol. The van der Waals surface area contributed by atoms with E-state index >= 15 is 0 Å². The molecule has 29 heavy (non-hydrogen) atoms. The zero-order chi connectivity index (χ0) is 20.4. The second-order valence-electron chi connectivity index (χ2n) is 5.77. The van der Waals surface area contributed by atoms with E-state index < -0.39 is 29.9 Å². The number of para-hydroxylation sites is 1. The van der Waals surface area contributed by atoms with Gasteiger partial charge in [0.1, 0.15) is 20.8 Å². The van der Waals surface area contributed by atoms with Gasteiger partial charge in [-0.3, -0.25) is 0 Å². The quantitative estimate of drug-likeness (QED) is 0.315. The Kier molecular flexibility index (Phi) is 7.51. The molecule has 4 N–H and O–H groups in total. The molecular formula is C17H16N3NaO6S2. The molecule has 0 aliphatic rings. The number of hydrogen-bond acceptors (Lipinski definition) is 8. The van der Waals surface area contributed by atoms with E-state index in [0.717, 1.165) is 6.07 Å². The number of anilines is 3. The van der Waals surface area contributed by atoms with Crippen LogP contribution in [-0.2, 0) is 26.7 Å². The Morgan fingerprint density at radius 2 is 1.62 bits per heavy atom. The van der Waals surface area contributed by atoms with Crippen LogP contribution in [-0.4, -0.2) is 21.4 Å². The van der Waals surface area contributed by atoms with Crippen LogP contribution in [0.2, 0.25) is 0 Å². The number of rotatable bonds is 7. The maximum Gasteiger partial charge on any atom is 1.00 e. The summed E-state index contributed by atoms with van der Waals surface area (Å²) in [5, 5.41) is 10.9. The molecule has 0 saturated carbocycles. The Morgan fingerprint density at radius 3 is 2.17 bits per heavy atom. The van der Waals surface area contributed by atoms with E-state index in [1.165, 1.54) is 12.3 Å². The van der Waals surface area contributed by atoms with Gasteiger partial charge in [0.2, 0.25) is 10.0 Å². The summed E-state index contributed by atoms with van der Waals surface area (Å²) >= 11 is 0. The van der Waals surface area contributed by atoms with E-state index in [1.807, 2.05) is 0 Å². The number of primary sulfonamides is 1. The second kappa shape index (κ2) is 9.30. The van der Waals surface area contributed by atoms with Crippen molar-refractivity contribution in [3.05, 3.63) is 66.6 Å². The Morgan fingerprint density at radius 1 is 0.931 bits per heavy atom. The molecule has 3 aromatic rings. The summed E-state index contributed by atoms with van der Waals surface area (Å²) in [5.74, 6) is 0.488. The van der Waals surface area contributed by atoms with Crippen LogP contribution in [0, 0.1) is 0 Å². The van der Waals surface area contributed by atoms with Crippen LogP contribution < -0.4 is 45.3 Å². The molecule has 3 rings (SSSR count). The molecule has 1 aromatic heterocycles. The van der Waals surface area contributed by atoms with E-state index in [-0.39, 0.29) is 47.5 Å². The smallest absolute Gasteiger partial charge is 0.744 e. The first kappa shape index (κ1) is 23.4. The summed E-state index contributed by atoms with van der Waals surface area (Å²) in [7, 11) is -9.31. The number of nitrogens with one attached hydrogen (secondary N) is 2. The summed E-state index contributed by atoms with van der Waals surface area (Å²) in [6.07, 6.45) is 1.44. The third-order valence-electron chi connectivity index (χ3n) is 3.74. The summed E-state index contributed by atoms with van der Waals surface area (Å²) in [6.45, 7) is 0.0784. The zero-order valence-corrected chi connectivity index (χ0v) is 19.0. The summed E-state index contributed by atoms with van der Waals surface area (Å²) in [5.41, 5.74) is 0.474. The summed E-state index contributed by atoms with van der Waals surface area (Å²) < 4.78 is 64.2. The van der Waals surface area contributed by atoms with Crippen molar-refractivity contribution in [2.45, 2.75) is 16.3 Å². The summed E-state index contributed by atoms with van der Waals surface area (Å²) in [4.78, 5) is -1.25. The molecule has 12 heteroatoms. The van der Waals surface area contributed by atoms with Crippen LogP contribution in [0.5, 0.6) is 0 Å². The first-order valence-electron chi connectivity index (χ1n) is 7.89. The van der Waals surface area contributed by atoms with Crippen LogP contribution in [0.4, 0.5) is 17.1 Å². The van der Waals surface area contributed by atoms with Gasteiger partial charge in [0.05, 0.1) is 29.1 Å². The van der Waals surface area contributed by atoms with Gasteiger partial charge in [0.25, 0.3) is 0 Å². The first-order valence-corrected chi connectivity index (χ1v) is 10.8. The van der Waals surface area contributed by atoms with Crippen molar-refractivity contribution in [3.63, 3.8) is 0 Å². The minimum Gasteiger partial charge on any atom is -0.744 e. The fourth-order valence-corrected chi connectivity index (χ4v) is 3.95. The van der Waals surface area contributed by atoms with Gasteiger partial charge in [-0.1, -0.05) is 18.2 Å². The third kappa shape index (κ3) is 6.06. The predicted octanol–water partition coefficient (Wildman–Crippen LogP) is -0.809.